The van der Waals surface area contributed by atoms with Crippen molar-refractivity contribution in [3.8, 4) is 0 Å². The lowest BCUT2D eigenvalue weighted by molar-refractivity contribution is -0.594. The molecule has 1 aromatic rings. The summed E-state index contributed by atoms with van der Waals surface area (Å²) in [5.74, 6) is -99.4. The van der Waals surface area contributed by atoms with E-state index in [2.05, 4.69) is 6.58 Å². The number of carbonyl (C=O) groups excluding carboxylic acids is 1. The minimum absolute atomic E-state index is 0.139. The van der Waals surface area contributed by atoms with Crippen molar-refractivity contribution < 1.29 is 307 Å². The first-order valence-corrected chi connectivity index (χ1v) is 23.5. The van der Waals surface area contributed by atoms with Gasteiger partial charge in [-0.15, -0.1) is 0 Å². The van der Waals surface area contributed by atoms with Gasteiger partial charge in [0.05, 0.1) is 11.3 Å². The van der Waals surface area contributed by atoms with E-state index in [4.69, 9.17) is 0 Å². The molecule has 1 aromatic carbocycles. The average molecular weight is 1770 g/mol. The topological polar surface area (TPSA) is 143 Å². The van der Waals surface area contributed by atoms with Gasteiger partial charge in [0.2, 0.25) is 0 Å². The molecule has 0 fully saturated rings. The van der Waals surface area contributed by atoms with Crippen LogP contribution in [0.25, 0.3) is 0 Å². The van der Waals surface area contributed by atoms with Crippen LogP contribution < -0.4 is 10.8 Å². The zero-order chi connectivity index (χ0) is 88.8. The predicted molar refractivity (Wildman–Crippen MR) is 207 cm³/mol. The van der Waals surface area contributed by atoms with E-state index in [1.165, 1.54) is 9.47 Å². The smallest absolute Gasteiger partial charge is 0.423 e. The Kier molecular flexibility index (Phi) is 25.6. The summed E-state index contributed by atoms with van der Waals surface area (Å²) in [6, 6.07) is -4.40. The summed E-state index contributed by atoms with van der Waals surface area (Å²) in [5.41, 5.74) is -20.8. The Morgan fingerprint density at radius 3 is 0.661 bits per heavy atom. The first-order chi connectivity index (χ1) is 46.4. The summed E-state index contributed by atoms with van der Waals surface area (Å²) in [6.45, 7) is 2.03. The lowest BCUT2D eigenvalue weighted by Gasteiger charge is -2.45. The summed E-state index contributed by atoms with van der Waals surface area (Å²) in [5, 5.41) is 18.8. The Morgan fingerprint density at radius 2 is 0.486 bits per heavy atom. The molecule has 0 heterocycles. The van der Waals surface area contributed by atoms with Gasteiger partial charge in [0.1, 0.15) is 0 Å². The van der Waals surface area contributed by atoms with Crippen molar-refractivity contribution in [1.29, 1.82) is 0 Å². The average Bonchev–Trinajstić information content (AvgIpc) is 0.705. The van der Waals surface area contributed by atoms with Crippen LogP contribution in [0.3, 0.4) is 0 Å². The largest absolute Gasteiger partial charge is 0.488 e. The van der Waals surface area contributed by atoms with Crippen LogP contribution in [0.15, 0.2) is 24.3 Å². The molecule has 0 radical (unpaired) electrons. The van der Waals surface area contributed by atoms with Crippen LogP contribution in [0.4, 0.5) is 260 Å². The Balaban J connectivity index is 5.14. The van der Waals surface area contributed by atoms with Crippen molar-refractivity contribution in [2.75, 3.05) is 5.32 Å². The first-order valence-electron chi connectivity index (χ1n) is 23.5. The highest BCUT2D eigenvalue weighted by molar-refractivity contribution is 6.58. The molecule has 109 heavy (non-hydrogen) atoms. The van der Waals surface area contributed by atoms with E-state index < -0.39 is 222 Å². The minimum atomic E-state index is -10.2. The third-order valence-corrected chi connectivity index (χ3v) is 11.5. The molecule has 8 unspecified atom stereocenters. The number of alkyl halides is 58. The van der Waals surface area contributed by atoms with Crippen molar-refractivity contribution in [3.63, 3.8) is 0 Å². The highest BCUT2D eigenvalue weighted by Crippen LogP contribution is 2.67. The van der Waals surface area contributed by atoms with Crippen LogP contribution in [-0.4, -0.2) is 181 Å². The predicted octanol–water partition coefficient (Wildman–Crippen LogP) is 17.9. The SMILES string of the molecule is C=C(C)C(=O)Nc1cc(B(O)O)cc(C(F)(OC(F)(F)C(F)(OC(F)(F)C(F)(OC(F)(F)C(F)(OC(F)(F)C(F)(F)C(F)(F)F)C(F)(F)F)C(F)(F)F)C(F)(F)F)C(F)(F)F)c1C(F)(OC(F)(F)C(F)(OC(F)(F)C(F)(OC(F)(F)C(F)(OC(F)(F)C(F)(F)C(F)(F)F)C(F)(F)F)C(F)(F)F)C(F)(F)F)C(F)(F)F. The zero-order valence-electron chi connectivity index (χ0n) is 47.4. The number of hydrogen-bond donors (Lipinski definition) is 3. The second-order valence-electron chi connectivity index (χ2n) is 19.4. The summed E-state index contributed by atoms with van der Waals surface area (Å²) in [6.07, 6.45) is -171. The van der Waals surface area contributed by atoms with Gasteiger partial charge in [-0.3, -0.25) is 42.7 Å². The second kappa shape index (κ2) is 27.7. The molecule has 0 saturated carbocycles. The first kappa shape index (κ1) is 101. The minimum Gasteiger partial charge on any atom is -0.423 e. The van der Waals surface area contributed by atoms with Crippen molar-refractivity contribution >= 4 is 24.2 Å². The van der Waals surface area contributed by atoms with Crippen LogP contribution in [0.2, 0.25) is 0 Å². The second-order valence-corrected chi connectivity index (χ2v) is 19.4. The van der Waals surface area contributed by atoms with Gasteiger partial charge in [-0.2, -0.15) is 255 Å². The molecule has 12 nitrogen and oxygen atoms in total. The Morgan fingerprint density at radius 1 is 0.294 bits per heavy atom. The quantitative estimate of drug-likeness (QED) is 0.0401. The zero-order valence-corrected chi connectivity index (χ0v) is 47.4. The number of benzene rings is 1. The number of amides is 1. The number of hydrogen-bond acceptors (Lipinski definition) is 11. The fourth-order valence-corrected chi connectivity index (χ4v) is 6.22. The fraction of sp³-hybridized carbons (Fsp3) is 0.763. The Bertz CT molecular complexity index is 3410. The van der Waals surface area contributed by atoms with Gasteiger partial charge in [0.25, 0.3) is 5.91 Å². The molecule has 642 valence electrons. The molecule has 0 aromatic heterocycles. The van der Waals surface area contributed by atoms with Crippen LogP contribution in [0, 0.1) is 0 Å². The number of ether oxygens (including phenoxy) is 8. The molecule has 1 rings (SSSR count). The summed E-state index contributed by atoms with van der Waals surface area (Å²) in [4.78, 5) is 12.5. The normalized spacial score (nSPS) is 19.8. The van der Waals surface area contributed by atoms with E-state index >= 15 is 74.6 Å². The molecular weight excluding hydrogens is 1760 g/mol. The molecule has 0 aliphatic carbocycles. The molecule has 0 aliphatic heterocycles. The van der Waals surface area contributed by atoms with Crippen molar-refractivity contribution in [2.45, 2.75) is 176 Å². The third-order valence-electron chi connectivity index (χ3n) is 11.5. The maximum Gasteiger partial charge on any atom is 0.488 e. The van der Waals surface area contributed by atoms with Crippen LogP contribution in [0.5, 0.6) is 0 Å². The molecule has 0 saturated heterocycles. The number of nitrogens with one attached hydrogen (secondary N) is 1. The maximum absolute atomic E-state index is 17.1. The fourth-order valence-electron chi connectivity index (χ4n) is 6.22. The standard InChI is InChI=1S/C38H10BF58NO11/c1-5(2)10(99)98-8-4-6(39(100)101)3-7(11(40,21(52,53)54)102-33(86,87)15(46,25(64,65)66)106-37(94,95)19(50,29(76,77)78)108-35(90,91)17(48,27(70,71)72)104-31(82,83)13(42,43)23(58,59)60)9(8)12(41,22(55,56)57)103-34(88,89)16(47,26(67,68)69)107-38(96,97)20(51,30(79,80)81)109-36(92,93)18(49,28(73,74)75)105-32(84,85)14(44,45)24(61,62)63/h3-4,100-101H,1H2,2H3,(H,98,99). The van der Waals surface area contributed by atoms with Gasteiger partial charge in [0, 0.05) is 11.1 Å². The molecule has 1 amide bonds. The molecule has 71 heteroatoms. The van der Waals surface area contributed by atoms with E-state index in [1.807, 2.05) is 0 Å². The summed E-state index contributed by atoms with van der Waals surface area (Å²) in [7, 11) is -4.71. The Hall–Kier alpha value is -5.97. The van der Waals surface area contributed by atoms with E-state index in [1.54, 1.807) is 0 Å². The van der Waals surface area contributed by atoms with Gasteiger partial charge >= 0.3 is 176 Å². The van der Waals surface area contributed by atoms with Gasteiger partial charge in [-0.05, 0) is 18.5 Å². The van der Waals surface area contributed by atoms with E-state index in [-0.39, 0.29) is 12.2 Å². The highest BCUT2D eigenvalue weighted by Gasteiger charge is 2.93. The van der Waals surface area contributed by atoms with E-state index in [9.17, 15) is 195 Å². The molecule has 3 N–H and O–H groups in total. The van der Waals surface area contributed by atoms with Crippen molar-refractivity contribution in [1.82, 2.24) is 0 Å². The highest BCUT2D eigenvalue weighted by atomic mass is 19.5. The van der Waals surface area contributed by atoms with Gasteiger partial charge < -0.3 is 15.4 Å². The molecule has 8 atom stereocenters. The van der Waals surface area contributed by atoms with E-state index in [0.717, 1.165) is 4.74 Å². The third kappa shape index (κ3) is 17.1. The van der Waals surface area contributed by atoms with Gasteiger partial charge in [-0.1, -0.05) is 12.6 Å². The van der Waals surface area contributed by atoms with Crippen molar-refractivity contribution in [2.24, 2.45) is 0 Å². The van der Waals surface area contributed by atoms with Crippen LogP contribution in [-0.2, 0) is 54.4 Å². The van der Waals surface area contributed by atoms with Gasteiger partial charge in [0.15, 0.2) is 0 Å². The van der Waals surface area contributed by atoms with Gasteiger partial charge in [-0.25, -0.2) is 0 Å². The lowest BCUT2D eigenvalue weighted by Crippen LogP contribution is -2.72. The number of halogens is 58. The van der Waals surface area contributed by atoms with Crippen LogP contribution >= 0.6 is 0 Å². The summed E-state index contributed by atoms with van der Waals surface area (Å²) >= 11 is 0. The number of carbonyl (C=O) groups is 1. The number of anilines is 1. The lowest BCUT2D eigenvalue weighted by atomic mass is 9.76. The summed E-state index contributed by atoms with van der Waals surface area (Å²) < 4.78 is 836. The van der Waals surface area contributed by atoms with Crippen LogP contribution in [0.1, 0.15) is 18.1 Å². The molecular formula is C38H10BF58NO11. The monoisotopic (exact) mass is 1770 g/mol. The van der Waals surface area contributed by atoms with E-state index in [0.29, 0.717) is 23.7 Å². The maximum atomic E-state index is 17.1. The Labute approximate surface area is 549 Å². The molecule has 0 aliphatic rings. The molecule has 0 spiro atoms. The number of rotatable bonds is 29. The van der Waals surface area contributed by atoms with Crippen molar-refractivity contribution in [3.05, 3.63) is 35.4 Å². The molecule has 0 bridgehead atoms.